The fourth-order valence-electron chi connectivity index (χ4n) is 2.55. The molecule has 26 heavy (non-hydrogen) atoms. The summed E-state index contributed by atoms with van der Waals surface area (Å²) < 4.78 is 5.33. The summed E-state index contributed by atoms with van der Waals surface area (Å²) in [5.74, 6) is 1.22. The molecule has 1 aromatic rings. The zero-order valence-electron chi connectivity index (χ0n) is 17.2. The minimum Gasteiger partial charge on any atom is -0.465 e. The van der Waals surface area contributed by atoms with Crippen LogP contribution in [0.3, 0.4) is 0 Å². The van der Waals surface area contributed by atoms with Crippen LogP contribution in [-0.2, 0) is 16.0 Å². The average molecular weight is 365 g/mol. The van der Waals surface area contributed by atoms with Gasteiger partial charge in [-0.2, -0.15) is 0 Å². The number of carbonyl (C=O) groups is 1. The van der Waals surface area contributed by atoms with Crippen LogP contribution in [0, 0.1) is 11.8 Å². The number of hydrogen-bond acceptors (Lipinski definition) is 2. The zero-order valence-corrected chi connectivity index (χ0v) is 17.2. The first-order valence-corrected chi connectivity index (χ1v) is 10.2. The smallest absolute Gasteiger partial charge is 0.305 e. The summed E-state index contributed by atoms with van der Waals surface area (Å²) in [5, 5.41) is 0. The van der Waals surface area contributed by atoms with Gasteiger partial charge in [-0.3, -0.25) is 4.79 Å². The van der Waals surface area contributed by atoms with Crippen molar-refractivity contribution in [3.8, 4) is 0 Å². The molecule has 2 heteroatoms. The molecule has 0 bridgehead atoms. The first-order chi connectivity index (χ1) is 12.0. The molecule has 0 N–H and O–H groups in total. The van der Waals surface area contributed by atoms with E-state index in [0.29, 0.717) is 24.9 Å². The maximum atomic E-state index is 11.5. The second-order valence-corrected chi connectivity index (χ2v) is 7.22. The third-order valence-electron chi connectivity index (χ3n) is 4.44. The Kier molecular flexibility index (Phi) is 19.1. The molecule has 0 aromatic heterocycles. The molecule has 0 heterocycles. The number of carbonyl (C=O) groups excluding carboxylic acids is 1. The van der Waals surface area contributed by atoms with E-state index in [0.717, 1.165) is 25.7 Å². The van der Waals surface area contributed by atoms with Crippen LogP contribution in [0.5, 0.6) is 0 Å². The van der Waals surface area contributed by atoms with Crippen LogP contribution in [-0.4, -0.2) is 12.6 Å². The van der Waals surface area contributed by atoms with E-state index in [9.17, 15) is 4.79 Å². The van der Waals surface area contributed by atoms with E-state index < -0.39 is 0 Å². The molecule has 0 fully saturated rings. The van der Waals surface area contributed by atoms with E-state index in [-0.39, 0.29) is 13.4 Å². The largest absolute Gasteiger partial charge is 0.465 e. The van der Waals surface area contributed by atoms with Gasteiger partial charge in [-0.15, -0.1) is 0 Å². The molecule has 1 atom stereocenters. The molecule has 0 saturated carbocycles. The Morgan fingerprint density at radius 2 is 1.65 bits per heavy atom. The lowest BCUT2D eigenvalue weighted by atomic mass is 10.0. The number of hydrogen-bond donors (Lipinski definition) is 0. The summed E-state index contributed by atoms with van der Waals surface area (Å²) in [6.07, 6.45) is 8.56. The Bertz CT molecular complexity index is 411. The van der Waals surface area contributed by atoms with Crippen molar-refractivity contribution >= 4 is 5.97 Å². The Balaban J connectivity index is 0. The summed E-state index contributed by atoms with van der Waals surface area (Å²) >= 11 is 0. The van der Waals surface area contributed by atoms with Gasteiger partial charge in [0, 0.05) is 6.42 Å². The van der Waals surface area contributed by atoms with Crippen molar-refractivity contribution < 1.29 is 9.53 Å². The summed E-state index contributed by atoms with van der Waals surface area (Å²) in [7, 11) is 0. The highest BCUT2D eigenvalue weighted by Crippen LogP contribution is 2.14. The van der Waals surface area contributed by atoms with Gasteiger partial charge in [0.2, 0.25) is 0 Å². The molecule has 0 saturated heterocycles. The molecule has 0 aliphatic carbocycles. The van der Waals surface area contributed by atoms with Gasteiger partial charge in [-0.05, 0) is 36.7 Å². The monoisotopic (exact) mass is 364 g/mol. The number of ether oxygens (including phenoxy) is 1. The number of aryl methyl sites for hydroxylation is 1. The van der Waals surface area contributed by atoms with E-state index in [4.69, 9.17) is 4.74 Å². The summed E-state index contributed by atoms with van der Waals surface area (Å²) in [6, 6.07) is 10.5. The van der Waals surface area contributed by atoms with Crippen molar-refractivity contribution in [2.45, 2.75) is 93.4 Å². The molecule has 1 unspecified atom stereocenters. The van der Waals surface area contributed by atoms with E-state index in [2.05, 4.69) is 58.9 Å². The summed E-state index contributed by atoms with van der Waals surface area (Å²) in [6.45, 7) is 11.5. The highest BCUT2D eigenvalue weighted by atomic mass is 16.5. The van der Waals surface area contributed by atoms with Crippen LogP contribution in [0.1, 0.15) is 92.6 Å². The van der Waals surface area contributed by atoms with Crippen molar-refractivity contribution in [1.82, 2.24) is 0 Å². The molecular formula is C24H44O2. The second kappa shape index (κ2) is 18.5. The normalized spacial score (nSPS) is 11.2. The first kappa shape index (κ1) is 26.9. The lowest BCUT2D eigenvalue weighted by molar-refractivity contribution is -0.145. The SMILES string of the molecule is C.CCCCC(CC)COC(=O)CCCC(C)C.CCc1ccccc1. The van der Waals surface area contributed by atoms with Crippen LogP contribution in [0.25, 0.3) is 0 Å². The minimum absolute atomic E-state index is 0. The fraction of sp³-hybridized carbons (Fsp3) is 0.708. The van der Waals surface area contributed by atoms with Crippen molar-refractivity contribution in [2.24, 2.45) is 11.8 Å². The molecule has 0 spiro atoms. The highest BCUT2D eigenvalue weighted by Gasteiger charge is 2.10. The van der Waals surface area contributed by atoms with Gasteiger partial charge < -0.3 is 4.74 Å². The number of benzene rings is 1. The van der Waals surface area contributed by atoms with Crippen molar-refractivity contribution in [3.63, 3.8) is 0 Å². The van der Waals surface area contributed by atoms with Crippen molar-refractivity contribution in [3.05, 3.63) is 35.9 Å². The van der Waals surface area contributed by atoms with Crippen LogP contribution in [0.4, 0.5) is 0 Å². The maximum Gasteiger partial charge on any atom is 0.305 e. The third-order valence-corrected chi connectivity index (χ3v) is 4.44. The Morgan fingerprint density at radius 1 is 1.00 bits per heavy atom. The van der Waals surface area contributed by atoms with Gasteiger partial charge in [-0.25, -0.2) is 0 Å². The zero-order chi connectivity index (χ0) is 18.9. The van der Waals surface area contributed by atoms with Gasteiger partial charge in [0.1, 0.15) is 0 Å². The predicted octanol–water partition coefficient (Wildman–Crippen LogP) is 7.46. The number of unbranched alkanes of at least 4 members (excludes halogenated alkanes) is 1. The lowest BCUT2D eigenvalue weighted by Crippen LogP contribution is -2.13. The standard InChI is InChI=1S/C15H30O2.C8H10.CH4/c1-5-7-10-14(6-2)12-17-15(16)11-8-9-13(3)4;1-2-8-6-4-3-5-7-8;/h13-14H,5-12H2,1-4H3;3-7H,2H2,1H3;1H4. The van der Waals surface area contributed by atoms with E-state index in [1.807, 2.05) is 6.07 Å². The van der Waals surface area contributed by atoms with Gasteiger partial charge in [0.15, 0.2) is 0 Å². The minimum atomic E-state index is -0.0133. The third kappa shape index (κ3) is 16.2. The van der Waals surface area contributed by atoms with Gasteiger partial charge in [0.05, 0.1) is 6.61 Å². The van der Waals surface area contributed by atoms with E-state index >= 15 is 0 Å². The molecule has 1 rings (SSSR count). The molecule has 152 valence electrons. The van der Waals surface area contributed by atoms with Crippen LogP contribution in [0.15, 0.2) is 30.3 Å². The average Bonchev–Trinajstić information content (AvgIpc) is 2.63. The lowest BCUT2D eigenvalue weighted by Gasteiger charge is -2.14. The van der Waals surface area contributed by atoms with Crippen LogP contribution >= 0.6 is 0 Å². The van der Waals surface area contributed by atoms with Crippen molar-refractivity contribution in [2.75, 3.05) is 6.61 Å². The Morgan fingerprint density at radius 3 is 2.12 bits per heavy atom. The molecule has 1 aromatic carbocycles. The summed E-state index contributed by atoms with van der Waals surface area (Å²) in [4.78, 5) is 11.5. The predicted molar refractivity (Wildman–Crippen MR) is 116 cm³/mol. The number of esters is 1. The summed E-state index contributed by atoms with van der Waals surface area (Å²) in [5.41, 5.74) is 1.41. The quantitative estimate of drug-likeness (QED) is 0.381. The first-order valence-electron chi connectivity index (χ1n) is 10.2. The maximum absolute atomic E-state index is 11.5. The Labute approximate surface area is 163 Å². The Hall–Kier alpha value is -1.31. The van der Waals surface area contributed by atoms with Crippen LogP contribution < -0.4 is 0 Å². The topological polar surface area (TPSA) is 26.3 Å². The van der Waals surface area contributed by atoms with Gasteiger partial charge in [0.25, 0.3) is 0 Å². The molecule has 0 aliphatic heterocycles. The highest BCUT2D eigenvalue weighted by molar-refractivity contribution is 5.69. The van der Waals surface area contributed by atoms with Gasteiger partial charge in [-0.1, -0.05) is 98.1 Å². The molecule has 0 radical (unpaired) electrons. The molecule has 0 aliphatic rings. The molecular weight excluding hydrogens is 320 g/mol. The fourth-order valence-corrected chi connectivity index (χ4v) is 2.55. The van der Waals surface area contributed by atoms with E-state index in [1.165, 1.54) is 24.8 Å². The molecule has 2 nitrogen and oxygen atoms in total. The van der Waals surface area contributed by atoms with Gasteiger partial charge >= 0.3 is 5.97 Å². The second-order valence-electron chi connectivity index (χ2n) is 7.22. The van der Waals surface area contributed by atoms with Crippen molar-refractivity contribution in [1.29, 1.82) is 0 Å². The molecule has 0 amide bonds. The van der Waals surface area contributed by atoms with Crippen LogP contribution in [0.2, 0.25) is 0 Å². The number of rotatable bonds is 11. The van der Waals surface area contributed by atoms with E-state index in [1.54, 1.807) is 0 Å².